The highest BCUT2D eigenvalue weighted by Crippen LogP contribution is 2.30. The standard InChI is InChI=1S/C13H21N5O2S/c1-10-7-11-12(14-8-10)15-9-16-13(11)17-3-5-18(6-4-17)21(2,19)20/h9-10H,3-8H2,1-2H3,(H,14,15,16). The molecule has 0 aliphatic carbocycles. The van der Waals surface area contributed by atoms with Crippen molar-refractivity contribution in [2.45, 2.75) is 13.3 Å². The molecule has 2 aliphatic rings. The van der Waals surface area contributed by atoms with Gasteiger partial charge in [-0.3, -0.25) is 0 Å². The summed E-state index contributed by atoms with van der Waals surface area (Å²) in [7, 11) is -3.10. The van der Waals surface area contributed by atoms with Crippen LogP contribution in [0.5, 0.6) is 0 Å². The van der Waals surface area contributed by atoms with Crippen molar-refractivity contribution in [3.63, 3.8) is 0 Å². The summed E-state index contributed by atoms with van der Waals surface area (Å²) >= 11 is 0. The van der Waals surface area contributed by atoms with Gasteiger partial charge in [0.1, 0.15) is 18.0 Å². The van der Waals surface area contributed by atoms with Crippen LogP contribution < -0.4 is 10.2 Å². The Morgan fingerprint density at radius 2 is 1.95 bits per heavy atom. The van der Waals surface area contributed by atoms with Gasteiger partial charge in [0, 0.05) is 38.3 Å². The fourth-order valence-electron chi connectivity index (χ4n) is 2.94. The summed E-state index contributed by atoms with van der Waals surface area (Å²) in [6, 6.07) is 0. The second kappa shape index (κ2) is 5.42. The largest absolute Gasteiger partial charge is 0.369 e. The van der Waals surface area contributed by atoms with Crippen molar-refractivity contribution < 1.29 is 8.42 Å². The fourth-order valence-corrected chi connectivity index (χ4v) is 3.77. The van der Waals surface area contributed by atoms with Crippen LogP contribution in [-0.2, 0) is 16.4 Å². The minimum absolute atomic E-state index is 0.514. The van der Waals surface area contributed by atoms with Gasteiger partial charge in [0.05, 0.1) is 6.26 Å². The molecular weight excluding hydrogens is 290 g/mol. The Morgan fingerprint density at radius 1 is 1.24 bits per heavy atom. The number of nitrogens with zero attached hydrogens (tertiary/aromatic N) is 4. The molecule has 21 heavy (non-hydrogen) atoms. The summed E-state index contributed by atoms with van der Waals surface area (Å²) in [6.07, 6.45) is 3.81. The maximum atomic E-state index is 11.6. The summed E-state index contributed by atoms with van der Waals surface area (Å²) in [5.74, 6) is 2.43. The highest BCUT2D eigenvalue weighted by molar-refractivity contribution is 7.88. The summed E-state index contributed by atoms with van der Waals surface area (Å²) < 4.78 is 24.7. The first-order chi connectivity index (χ1) is 9.95. The third-order valence-electron chi connectivity index (χ3n) is 4.10. The number of fused-ring (bicyclic) bond motifs is 1. The normalized spacial score (nSPS) is 23.5. The number of piperazine rings is 1. The van der Waals surface area contributed by atoms with Crippen LogP contribution in [0.4, 0.5) is 11.6 Å². The zero-order valence-corrected chi connectivity index (χ0v) is 13.2. The minimum Gasteiger partial charge on any atom is -0.369 e. The van der Waals surface area contributed by atoms with Crippen LogP contribution in [0.1, 0.15) is 12.5 Å². The molecule has 3 rings (SSSR count). The molecule has 0 aromatic carbocycles. The Balaban J connectivity index is 1.80. The van der Waals surface area contributed by atoms with E-state index in [9.17, 15) is 8.42 Å². The van der Waals surface area contributed by atoms with Crippen LogP contribution in [0, 0.1) is 5.92 Å². The van der Waals surface area contributed by atoms with Gasteiger partial charge in [-0.15, -0.1) is 0 Å². The van der Waals surface area contributed by atoms with Crippen molar-refractivity contribution in [1.29, 1.82) is 0 Å². The summed E-state index contributed by atoms with van der Waals surface area (Å²) in [5.41, 5.74) is 1.16. The monoisotopic (exact) mass is 311 g/mol. The number of hydrogen-bond acceptors (Lipinski definition) is 6. The molecule has 8 heteroatoms. The van der Waals surface area contributed by atoms with Crippen molar-refractivity contribution in [1.82, 2.24) is 14.3 Å². The van der Waals surface area contributed by atoms with E-state index in [0.717, 1.165) is 30.2 Å². The Hall–Kier alpha value is -1.41. The molecule has 0 bridgehead atoms. The van der Waals surface area contributed by atoms with Gasteiger partial charge in [-0.25, -0.2) is 18.4 Å². The minimum atomic E-state index is -3.10. The Labute approximate surface area is 125 Å². The molecular formula is C13H21N5O2S. The molecule has 7 nitrogen and oxygen atoms in total. The third-order valence-corrected chi connectivity index (χ3v) is 5.40. The first-order valence-electron chi connectivity index (χ1n) is 7.23. The zero-order valence-electron chi connectivity index (χ0n) is 12.4. The molecule has 2 aliphatic heterocycles. The number of aromatic nitrogens is 2. The second-order valence-electron chi connectivity index (χ2n) is 5.86. The quantitative estimate of drug-likeness (QED) is 0.838. The van der Waals surface area contributed by atoms with Crippen LogP contribution in [0.3, 0.4) is 0 Å². The van der Waals surface area contributed by atoms with Crippen molar-refractivity contribution >= 4 is 21.7 Å². The average Bonchev–Trinajstić information content (AvgIpc) is 2.46. The summed E-state index contributed by atoms with van der Waals surface area (Å²) in [6.45, 7) is 5.51. The van der Waals surface area contributed by atoms with Gasteiger partial charge in [0.2, 0.25) is 10.0 Å². The topological polar surface area (TPSA) is 78.4 Å². The number of hydrogen-bond donors (Lipinski definition) is 1. The smallest absolute Gasteiger partial charge is 0.211 e. The second-order valence-corrected chi connectivity index (χ2v) is 7.85. The Morgan fingerprint density at radius 3 is 2.62 bits per heavy atom. The van der Waals surface area contributed by atoms with Gasteiger partial charge < -0.3 is 10.2 Å². The lowest BCUT2D eigenvalue weighted by Gasteiger charge is -2.36. The molecule has 1 N–H and O–H groups in total. The van der Waals surface area contributed by atoms with Crippen molar-refractivity contribution in [2.24, 2.45) is 5.92 Å². The number of anilines is 2. The predicted molar refractivity (Wildman–Crippen MR) is 82.0 cm³/mol. The number of sulfonamides is 1. The highest BCUT2D eigenvalue weighted by Gasteiger charge is 2.27. The maximum absolute atomic E-state index is 11.6. The molecule has 0 saturated carbocycles. The molecule has 3 heterocycles. The summed E-state index contributed by atoms with van der Waals surface area (Å²) in [4.78, 5) is 10.9. The van der Waals surface area contributed by atoms with E-state index in [0.29, 0.717) is 32.1 Å². The molecule has 0 radical (unpaired) electrons. The molecule has 0 amide bonds. The van der Waals surface area contributed by atoms with Crippen LogP contribution in [-0.4, -0.2) is 61.7 Å². The van der Waals surface area contributed by atoms with E-state index in [2.05, 4.69) is 27.1 Å². The first-order valence-corrected chi connectivity index (χ1v) is 9.08. The lowest BCUT2D eigenvalue weighted by Crippen LogP contribution is -2.49. The van der Waals surface area contributed by atoms with E-state index in [1.54, 1.807) is 6.33 Å². The van der Waals surface area contributed by atoms with E-state index in [-0.39, 0.29) is 0 Å². The number of rotatable bonds is 2. The molecule has 0 spiro atoms. The van der Waals surface area contributed by atoms with Crippen LogP contribution in [0.25, 0.3) is 0 Å². The van der Waals surface area contributed by atoms with Crippen molar-refractivity contribution in [3.8, 4) is 0 Å². The van der Waals surface area contributed by atoms with E-state index in [1.807, 2.05) is 0 Å². The molecule has 1 atom stereocenters. The fraction of sp³-hybridized carbons (Fsp3) is 0.692. The molecule has 1 fully saturated rings. The van der Waals surface area contributed by atoms with Gasteiger partial charge in [0.25, 0.3) is 0 Å². The van der Waals surface area contributed by atoms with Gasteiger partial charge in [-0.05, 0) is 12.3 Å². The van der Waals surface area contributed by atoms with Crippen LogP contribution in [0.15, 0.2) is 6.33 Å². The van der Waals surface area contributed by atoms with E-state index in [1.165, 1.54) is 10.6 Å². The van der Waals surface area contributed by atoms with E-state index >= 15 is 0 Å². The highest BCUT2D eigenvalue weighted by atomic mass is 32.2. The lowest BCUT2D eigenvalue weighted by molar-refractivity contribution is 0.386. The molecule has 1 unspecified atom stereocenters. The third kappa shape index (κ3) is 2.96. The van der Waals surface area contributed by atoms with Gasteiger partial charge in [-0.2, -0.15) is 4.31 Å². The molecule has 1 aromatic heterocycles. The molecule has 116 valence electrons. The first kappa shape index (κ1) is 14.5. The Kier molecular flexibility index (Phi) is 3.75. The SMILES string of the molecule is CC1CNc2ncnc(N3CCN(S(C)(=O)=O)CC3)c2C1. The predicted octanol–water partition coefficient (Wildman–Crippen LogP) is 0.162. The van der Waals surface area contributed by atoms with E-state index in [4.69, 9.17) is 0 Å². The van der Waals surface area contributed by atoms with Gasteiger partial charge in [-0.1, -0.05) is 6.92 Å². The number of nitrogens with one attached hydrogen (secondary N) is 1. The average molecular weight is 311 g/mol. The van der Waals surface area contributed by atoms with Crippen LogP contribution in [0.2, 0.25) is 0 Å². The van der Waals surface area contributed by atoms with Crippen molar-refractivity contribution in [2.75, 3.05) is 49.2 Å². The van der Waals surface area contributed by atoms with Gasteiger partial charge in [0.15, 0.2) is 0 Å². The Bertz CT molecular complexity index is 625. The van der Waals surface area contributed by atoms with Crippen molar-refractivity contribution in [3.05, 3.63) is 11.9 Å². The van der Waals surface area contributed by atoms with Crippen LogP contribution >= 0.6 is 0 Å². The van der Waals surface area contributed by atoms with Gasteiger partial charge >= 0.3 is 0 Å². The summed E-state index contributed by atoms with van der Waals surface area (Å²) in [5, 5.41) is 3.34. The lowest BCUT2D eigenvalue weighted by atomic mass is 9.98. The molecule has 1 aromatic rings. The van der Waals surface area contributed by atoms with E-state index < -0.39 is 10.0 Å². The maximum Gasteiger partial charge on any atom is 0.211 e. The molecule has 1 saturated heterocycles. The zero-order chi connectivity index (χ0) is 15.0.